The van der Waals surface area contributed by atoms with Gasteiger partial charge in [0, 0.05) is 12.0 Å². The molecule has 2 aliphatic heterocycles. The summed E-state index contributed by atoms with van der Waals surface area (Å²) < 4.78 is 5.55. The zero-order chi connectivity index (χ0) is 21.1. The van der Waals surface area contributed by atoms with Gasteiger partial charge < -0.3 is 4.74 Å². The second-order valence-electron chi connectivity index (χ2n) is 8.57. The van der Waals surface area contributed by atoms with E-state index in [0.717, 1.165) is 54.4 Å². The van der Waals surface area contributed by atoms with Crippen LogP contribution in [-0.4, -0.2) is 48.3 Å². The molecular weight excluding hydrogens is 374 g/mol. The molecule has 0 aliphatic carbocycles. The number of rotatable bonds is 5. The van der Waals surface area contributed by atoms with E-state index in [0.29, 0.717) is 13.0 Å². The Hall–Kier alpha value is -2.66. The number of benzene rings is 2. The van der Waals surface area contributed by atoms with Crippen LogP contribution >= 0.6 is 0 Å². The maximum atomic E-state index is 13.3. The highest BCUT2D eigenvalue weighted by Crippen LogP contribution is 2.35. The van der Waals surface area contributed by atoms with Crippen LogP contribution in [0.15, 0.2) is 53.6 Å². The molecule has 1 atom stereocenters. The monoisotopic (exact) mass is 405 g/mol. The van der Waals surface area contributed by atoms with E-state index in [-0.39, 0.29) is 11.9 Å². The molecule has 30 heavy (non-hydrogen) atoms. The van der Waals surface area contributed by atoms with E-state index < -0.39 is 0 Å². The van der Waals surface area contributed by atoms with Crippen LogP contribution in [0, 0.1) is 12.8 Å². The van der Waals surface area contributed by atoms with E-state index in [9.17, 15) is 4.79 Å². The first-order chi connectivity index (χ1) is 14.5. The van der Waals surface area contributed by atoms with Gasteiger partial charge in [-0.2, -0.15) is 5.10 Å². The maximum Gasteiger partial charge on any atom is 0.257 e. The lowest BCUT2D eigenvalue weighted by Gasteiger charge is -2.31. The molecule has 1 saturated heterocycles. The summed E-state index contributed by atoms with van der Waals surface area (Å²) in [5.41, 5.74) is 4.19. The SMILES string of the molecule is COc1ccccc1C1=NN(C(=O)CN2CCC(C)CC2)[C@@H](c2ccc(C)cc2)C1. The lowest BCUT2D eigenvalue weighted by Crippen LogP contribution is -2.41. The molecule has 2 heterocycles. The van der Waals surface area contributed by atoms with Crippen molar-refractivity contribution in [2.45, 2.75) is 39.2 Å². The fourth-order valence-corrected chi connectivity index (χ4v) is 4.32. The summed E-state index contributed by atoms with van der Waals surface area (Å²) in [5.74, 6) is 1.61. The molecule has 5 heteroatoms. The van der Waals surface area contributed by atoms with E-state index in [4.69, 9.17) is 9.84 Å². The van der Waals surface area contributed by atoms with Crippen molar-refractivity contribution >= 4 is 11.6 Å². The van der Waals surface area contributed by atoms with Crippen LogP contribution in [0.2, 0.25) is 0 Å². The summed E-state index contributed by atoms with van der Waals surface area (Å²) in [5, 5.41) is 6.53. The van der Waals surface area contributed by atoms with E-state index >= 15 is 0 Å². The molecule has 0 N–H and O–H groups in total. The first kappa shape index (κ1) is 20.6. The van der Waals surface area contributed by atoms with Gasteiger partial charge in [0.25, 0.3) is 5.91 Å². The molecule has 0 saturated carbocycles. The van der Waals surface area contributed by atoms with Crippen molar-refractivity contribution in [1.82, 2.24) is 9.91 Å². The number of aryl methyl sites for hydroxylation is 1. The minimum atomic E-state index is -0.0817. The maximum absolute atomic E-state index is 13.3. The van der Waals surface area contributed by atoms with Gasteiger partial charge in [0.05, 0.1) is 25.4 Å². The summed E-state index contributed by atoms with van der Waals surface area (Å²) in [6.45, 7) is 6.77. The van der Waals surface area contributed by atoms with Gasteiger partial charge in [0.15, 0.2) is 0 Å². The van der Waals surface area contributed by atoms with E-state index in [1.807, 2.05) is 24.3 Å². The number of piperidine rings is 1. The molecule has 2 aromatic carbocycles. The van der Waals surface area contributed by atoms with Crippen LogP contribution in [0.25, 0.3) is 0 Å². The average molecular weight is 406 g/mol. The molecular formula is C25H31N3O2. The summed E-state index contributed by atoms with van der Waals surface area (Å²) in [7, 11) is 1.67. The third-order valence-corrected chi connectivity index (χ3v) is 6.28. The topological polar surface area (TPSA) is 45.1 Å². The van der Waals surface area contributed by atoms with Crippen molar-refractivity contribution < 1.29 is 9.53 Å². The van der Waals surface area contributed by atoms with Gasteiger partial charge >= 0.3 is 0 Å². The number of amides is 1. The van der Waals surface area contributed by atoms with Gasteiger partial charge in [-0.15, -0.1) is 0 Å². The number of para-hydroxylation sites is 1. The predicted molar refractivity (Wildman–Crippen MR) is 120 cm³/mol. The van der Waals surface area contributed by atoms with Crippen molar-refractivity contribution in [3.63, 3.8) is 0 Å². The van der Waals surface area contributed by atoms with Crippen molar-refractivity contribution in [2.24, 2.45) is 11.0 Å². The zero-order valence-electron chi connectivity index (χ0n) is 18.2. The quantitative estimate of drug-likeness (QED) is 0.740. The van der Waals surface area contributed by atoms with Gasteiger partial charge in [-0.1, -0.05) is 48.9 Å². The largest absolute Gasteiger partial charge is 0.496 e. The van der Waals surface area contributed by atoms with Gasteiger partial charge in [0.2, 0.25) is 0 Å². The Bertz CT molecular complexity index is 914. The molecule has 1 fully saturated rings. The molecule has 0 spiro atoms. The number of likely N-dealkylation sites (tertiary alicyclic amines) is 1. The molecule has 5 nitrogen and oxygen atoms in total. The highest BCUT2D eigenvalue weighted by atomic mass is 16.5. The highest BCUT2D eigenvalue weighted by molar-refractivity contribution is 6.05. The van der Waals surface area contributed by atoms with Crippen LogP contribution in [-0.2, 0) is 4.79 Å². The number of nitrogens with zero attached hydrogens (tertiary/aromatic N) is 3. The smallest absolute Gasteiger partial charge is 0.257 e. The average Bonchev–Trinajstić information content (AvgIpc) is 3.21. The number of carbonyl (C=O) groups is 1. The van der Waals surface area contributed by atoms with E-state index in [1.54, 1.807) is 12.1 Å². The minimum Gasteiger partial charge on any atom is -0.496 e. The van der Waals surface area contributed by atoms with Crippen LogP contribution in [0.3, 0.4) is 0 Å². The molecule has 2 aliphatic rings. The molecule has 0 bridgehead atoms. The number of carbonyl (C=O) groups excluding carboxylic acids is 1. The van der Waals surface area contributed by atoms with Crippen LogP contribution < -0.4 is 4.74 Å². The molecule has 4 rings (SSSR count). The Morgan fingerprint density at radius 3 is 2.50 bits per heavy atom. The van der Waals surface area contributed by atoms with Crippen LogP contribution in [0.1, 0.15) is 48.9 Å². The Labute approximate surface area is 179 Å². The van der Waals surface area contributed by atoms with E-state index in [2.05, 4.69) is 43.0 Å². The Morgan fingerprint density at radius 1 is 1.10 bits per heavy atom. The van der Waals surface area contributed by atoms with Crippen molar-refractivity contribution in [3.8, 4) is 5.75 Å². The van der Waals surface area contributed by atoms with Gasteiger partial charge in [0.1, 0.15) is 5.75 Å². The predicted octanol–water partition coefficient (Wildman–Crippen LogP) is 4.41. The normalized spacial score (nSPS) is 20.3. The minimum absolute atomic E-state index is 0.0695. The second-order valence-corrected chi connectivity index (χ2v) is 8.57. The molecule has 0 aromatic heterocycles. The molecule has 0 unspecified atom stereocenters. The first-order valence-electron chi connectivity index (χ1n) is 10.9. The molecule has 1 amide bonds. The standard InChI is InChI=1S/C25H31N3O2/c1-18-8-10-20(11-9-18)23-16-22(21-6-4-5-7-24(21)30-3)26-28(23)25(29)17-27-14-12-19(2)13-15-27/h4-11,19,23H,12-17H2,1-3H3/t23-/m1/s1. The molecule has 2 aromatic rings. The van der Waals surface area contributed by atoms with Crippen LogP contribution in [0.4, 0.5) is 0 Å². The number of hydrazone groups is 1. The van der Waals surface area contributed by atoms with Crippen molar-refractivity contribution in [3.05, 3.63) is 65.2 Å². The third-order valence-electron chi connectivity index (χ3n) is 6.28. The summed E-state index contributed by atoms with van der Waals surface area (Å²) in [6, 6.07) is 16.3. The lowest BCUT2D eigenvalue weighted by atomic mass is 9.97. The zero-order valence-corrected chi connectivity index (χ0v) is 18.2. The molecule has 0 radical (unpaired) electrons. The summed E-state index contributed by atoms with van der Waals surface area (Å²) in [6.07, 6.45) is 3.00. The van der Waals surface area contributed by atoms with Crippen molar-refractivity contribution in [1.29, 1.82) is 0 Å². The number of ether oxygens (including phenoxy) is 1. The highest BCUT2D eigenvalue weighted by Gasteiger charge is 2.34. The Kier molecular flexibility index (Phi) is 6.18. The third kappa shape index (κ3) is 4.41. The van der Waals surface area contributed by atoms with Gasteiger partial charge in [-0.25, -0.2) is 5.01 Å². The second kappa shape index (κ2) is 9.00. The number of hydrogen-bond donors (Lipinski definition) is 0. The Morgan fingerprint density at radius 2 is 1.80 bits per heavy atom. The van der Waals surface area contributed by atoms with Gasteiger partial charge in [-0.05, 0) is 56.5 Å². The fourth-order valence-electron chi connectivity index (χ4n) is 4.32. The Balaban J connectivity index is 1.61. The van der Waals surface area contributed by atoms with Gasteiger partial charge in [-0.3, -0.25) is 9.69 Å². The number of hydrogen-bond acceptors (Lipinski definition) is 4. The lowest BCUT2D eigenvalue weighted by molar-refractivity contribution is -0.134. The molecule has 158 valence electrons. The first-order valence-corrected chi connectivity index (χ1v) is 10.9. The van der Waals surface area contributed by atoms with Crippen molar-refractivity contribution in [2.75, 3.05) is 26.7 Å². The summed E-state index contributed by atoms with van der Waals surface area (Å²) >= 11 is 0. The summed E-state index contributed by atoms with van der Waals surface area (Å²) in [4.78, 5) is 15.6. The number of methoxy groups -OCH3 is 1. The fraction of sp³-hybridized carbons (Fsp3) is 0.440. The van der Waals surface area contributed by atoms with Crippen LogP contribution in [0.5, 0.6) is 5.75 Å². The van der Waals surface area contributed by atoms with E-state index in [1.165, 1.54) is 5.56 Å².